The third-order valence-corrected chi connectivity index (χ3v) is 3.40. The second kappa shape index (κ2) is 4.93. The molecule has 0 unspecified atom stereocenters. The van der Waals surface area contributed by atoms with E-state index in [4.69, 9.17) is 0 Å². The number of halogens is 1. The number of carbonyl (C=O) groups excluding carboxylic acids is 1. The Bertz CT molecular complexity index is 393. The van der Waals surface area contributed by atoms with E-state index in [1.54, 1.807) is 6.20 Å². The minimum absolute atomic E-state index is 0.00137. The molecule has 16 heavy (non-hydrogen) atoms. The van der Waals surface area contributed by atoms with Crippen molar-refractivity contribution in [1.82, 2.24) is 15.2 Å². The van der Waals surface area contributed by atoms with E-state index in [2.05, 4.69) is 26.2 Å². The van der Waals surface area contributed by atoms with Crippen molar-refractivity contribution in [2.24, 2.45) is 0 Å². The topological polar surface area (TPSA) is 45.2 Å². The lowest BCUT2D eigenvalue weighted by Gasteiger charge is -2.37. The van der Waals surface area contributed by atoms with Crippen LogP contribution in [0.2, 0.25) is 0 Å². The van der Waals surface area contributed by atoms with Gasteiger partial charge in [0, 0.05) is 30.3 Å². The summed E-state index contributed by atoms with van der Waals surface area (Å²) in [5, 5.41) is 3.17. The average Bonchev–Trinajstić information content (AvgIpc) is 2.23. The van der Waals surface area contributed by atoms with Gasteiger partial charge < -0.3 is 10.2 Å². The molecule has 0 radical (unpaired) electrons. The van der Waals surface area contributed by atoms with Gasteiger partial charge in [-0.25, -0.2) is 4.98 Å². The van der Waals surface area contributed by atoms with E-state index in [1.165, 1.54) is 0 Å². The number of hydrogen-bond donors (Lipinski definition) is 1. The monoisotopic (exact) mass is 283 g/mol. The molecule has 4 nitrogen and oxygen atoms in total. The van der Waals surface area contributed by atoms with Gasteiger partial charge in [-0.3, -0.25) is 4.79 Å². The Hall–Kier alpha value is -0.940. The molecule has 5 heteroatoms. The molecule has 1 saturated heterocycles. The van der Waals surface area contributed by atoms with Gasteiger partial charge in [-0.2, -0.15) is 0 Å². The van der Waals surface area contributed by atoms with Gasteiger partial charge in [0.2, 0.25) is 0 Å². The lowest BCUT2D eigenvalue weighted by atomic mass is 10.1. The zero-order valence-electron chi connectivity index (χ0n) is 9.11. The van der Waals surface area contributed by atoms with Crippen molar-refractivity contribution in [3.63, 3.8) is 0 Å². The standard InChI is InChI=1S/C11H14BrN3O/c1-2-15(8-6-13-7-8)11(16)10-9(12)4-3-5-14-10/h3-5,8,13H,2,6-7H2,1H3. The van der Waals surface area contributed by atoms with Gasteiger partial charge >= 0.3 is 0 Å². The summed E-state index contributed by atoms with van der Waals surface area (Å²) < 4.78 is 0.755. The summed E-state index contributed by atoms with van der Waals surface area (Å²) in [7, 11) is 0. The molecule has 0 aromatic carbocycles. The van der Waals surface area contributed by atoms with Crippen LogP contribution in [0.15, 0.2) is 22.8 Å². The zero-order chi connectivity index (χ0) is 11.5. The SMILES string of the molecule is CCN(C(=O)c1ncccc1Br)C1CNC1. The molecule has 2 heterocycles. The van der Waals surface area contributed by atoms with Crippen LogP contribution in [-0.2, 0) is 0 Å². The fourth-order valence-electron chi connectivity index (χ4n) is 1.74. The second-order valence-corrected chi connectivity index (χ2v) is 4.59. The van der Waals surface area contributed by atoms with E-state index in [9.17, 15) is 4.79 Å². The maximum absolute atomic E-state index is 12.2. The van der Waals surface area contributed by atoms with E-state index in [0.717, 1.165) is 17.6 Å². The van der Waals surface area contributed by atoms with Crippen molar-refractivity contribution in [1.29, 1.82) is 0 Å². The van der Waals surface area contributed by atoms with Crippen molar-refractivity contribution in [3.8, 4) is 0 Å². The van der Waals surface area contributed by atoms with E-state index in [0.29, 0.717) is 18.3 Å². The Morgan fingerprint density at radius 2 is 2.44 bits per heavy atom. The second-order valence-electron chi connectivity index (χ2n) is 3.74. The predicted molar refractivity (Wildman–Crippen MR) is 65.3 cm³/mol. The van der Waals surface area contributed by atoms with Gasteiger partial charge in [0.1, 0.15) is 5.69 Å². The summed E-state index contributed by atoms with van der Waals surface area (Å²) in [4.78, 5) is 18.2. The van der Waals surface area contributed by atoms with E-state index >= 15 is 0 Å². The highest BCUT2D eigenvalue weighted by atomic mass is 79.9. The first-order chi connectivity index (χ1) is 7.74. The smallest absolute Gasteiger partial charge is 0.273 e. The van der Waals surface area contributed by atoms with Crippen LogP contribution in [0.4, 0.5) is 0 Å². The molecule has 0 spiro atoms. The number of amides is 1. The third-order valence-electron chi connectivity index (χ3n) is 2.76. The highest BCUT2D eigenvalue weighted by Gasteiger charge is 2.29. The van der Waals surface area contributed by atoms with E-state index in [1.807, 2.05) is 24.0 Å². The number of likely N-dealkylation sites (N-methyl/N-ethyl adjacent to an activating group) is 1. The van der Waals surface area contributed by atoms with E-state index < -0.39 is 0 Å². The first-order valence-electron chi connectivity index (χ1n) is 5.36. The molecule has 1 fully saturated rings. The summed E-state index contributed by atoms with van der Waals surface area (Å²) in [5.74, 6) is 0.00137. The molecule has 0 saturated carbocycles. The molecule has 1 aliphatic heterocycles. The molecule has 1 N–H and O–H groups in total. The molecule has 1 aliphatic rings. The van der Waals surface area contributed by atoms with Crippen molar-refractivity contribution in [2.45, 2.75) is 13.0 Å². The summed E-state index contributed by atoms with van der Waals surface area (Å²) in [6.07, 6.45) is 1.64. The van der Waals surface area contributed by atoms with E-state index in [-0.39, 0.29) is 5.91 Å². The van der Waals surface area contributed by atoms with Crippen molar-refractivity contribution in [2.75, 3.05) is 19.6 Å². The Morgan fingerprint density at radius 1 is 1.69 bits per heavy atom. The van der Waals surface area contributed by atoms with Crippen LogP contribution < -0.4 is 5.32 Å². The van der Waals surface area contributed by atoms with Crippen LogP contribution >= 0.6 is 15.9 Å². The summed E-state index contributed by atoms with van der Waals surface area (Å²) in [5.41, 5.74) is 0.497. The van der Waals surface area contributed by atoms with Crippen molar-refractivity contribution >= 4 is 21.8 Å². The Morgan fingerprint density at radius 3 is 2.94 bits per heavy atom. The first-order valence-corrected chi connectivity index (χ1v) is 6.15. The minimum Gasteiger partial charge on any atom is -0.332 e. The van der Waals surface area contributed by atoms with Gasteiger partial charge in [-0.1, -0.05) is 0 Å². The average molecular weight is 284 g/mol. The minimum atomic E-state index is 0.00137. The molecule has 0 atom stereocenters. The van der Waals surface area contributed by atoms with Gasteiger partial charge in [0.15, 0.2) is 0 Å². The van der Waals surface area contributed by atoms with Crippen LogP contribution in [0.3, 0.4) is 0 Å². The number of hydrogen-bond acceptors (Lipinski definition) is 3. The Balaban J connectivity index is 2.19. The van der Waals surface area contributed by atoms with Gasteiger partial charge in [-0.15, -0.1) is 0 Å². The van der Waals surface area contributed by atoms with Gasteiger partial charge in [-0.05, 0) is 35.0 Å². The largest absolute Gasteiger partial charge is 0.332 e. The van der Waals surface area contributed by atoms with Crippen LogP contribution in [0.5, 0.6) is 0 Å². The molecule has 1 amide bonds. The Kier molecular flexibility index (Phi) is 3.56. The molecule has 1 aromatic heterocycles. The molecule has 1 aromatic rings. The molecule has 86 valence electrons. The number of rotatable bonds is 3. The van der Waals surface area contributed by atoms with Crippen LogP contribution in [0.25, 0.3) is 0 Å². The molecule has 2 rings (SSSR count). The number of pyridine rings is 1. The quantitative estimate of drug-likeness (QED) is 0.909. The fourth-order valence-corrected chi connectivity index (χ4v) is 2.17. The zero-order valence-corrected chi connectivity index (χ0v) is 10.7. The predicted octanol–water partition coefficient (Wildman–Crippen LogP) is 1.28. The Labute approximate surface area is 103 Å². The first kappa shape index (κ1) is 11.5. The molecular formula is C11H14BrN3O. The number of nitrogens with one attached hydrogen (secondary N) is 1. The molecule has 0 bridgehead atoms. The maximum atomic E-state index is 12.2. The summed E-state index contributed by atoms with van der Waals surface area (Å²) in [6.45, 7) is 4.47. The number of nitrogens with zero attached hydrogens (tertiary/aromatic N) is 2. The maximum Gasteiger partial charge on any atom is 0.273 e. The summed E-state index contributed by atoms with van der Waals surface area (Å²) in [6, 6.07) is 3.96. The number of carbonyl (C=O) groups is 1. The molecule has 0 aliphatic carbocycles. The van der Waals surface area contributed by atoms with Gasteiger partial charge in [0.05, 0.1) is 6.04 Å². The molecular weight excluding hydrogens is 270 g/mol. The lowest BCUT2D eigenvalue weighted by molar-refractivity contribution is 0.0623. The van der Waals surface area contributed by atoms with Crippen LogP contribution in [0, 0.1) is 0 Å². The highest BCUT2D eigenvalue weighted by molar-refractivity contribution is 9.10. The van der Waals surface area contributed by atoms with Crippen molar-refractivity contribution < 1.29 is 4.79 Å². The van der Waals surface area contributed by atoms with Gasteiger partial charge in [0.25, 0.3) is 5.91 Å². The lowest BCUT2D eigenvalue weighted by Crippen LogP contribution is -2.58. The number of aromatic nitrogens is 1. The fraction of sp³-hybridized carbons (Fsp3) is 0.455. The third kappa shape index (κ3) is 2.10. The highest BCUT2D eigenvalue weighted by Crippen LogP contribution is 2.17. The van der Waals surface area contributed by atoms with Crippen LogP contribution in [0.1, 0.15) is 17.4 Å². The normalized spacial score (nSPS) is 15.6. The van der Waals surface area contributed by atoms with Crippen LogP contribution in [-0.4, -0.2) is 41.5 Å². The summed E-state index contributed by atoms with van der Waals surface area (Å²) >= 11 is 3.36. The van der Waals surface area contributed by atoms with Crippen molar-refractivity contribution in [3.05, 3.63) is 28.5 Å².